The Hall–Kier alpha value is -1.14. The van der Waals surface area contributed by atoms with Gasteiger partial charge < -0.3 is 9.64 Å². The predicted octanol–water partition coefficient (Wildman–Crippen LogP) is 1.60. The SMILES string of the molecule is COc1nc(Cl)nc(N2CC3CCCCN3CC2C)n1. The maximum Gasteiger partial charge on any atom is 0.322 e. The van der Waals surface area contributed by atoms with Crippen LogP contribution in [0.5, 0.6) is 6.01 Å². The monoisotopic (exact) mass is 297 g/mol. The van der Waals surface area contributed by atoms with E-state index in [9.17, 15) is 0 Å². The van der Waals surface area contributed by atoms with Gasteiger partial charge in [0.05, 0.1) is 7.11 Å². The smallest absolute Gasteiger partial charge is 0.322 e. The molecule has 2 aliphatic heterocycles. The van der Waals surface area contributed by atoms with E-state index in [-0.39, 0.29) is 11.3 Å². The number of nitrogens with zero attached hydrogens (tertiary/aromatic N) is 5. The number of halogens is 1. The van der Waals surface area contributed by atoms with Crippen LogP contribution in [0.2, 0.25) is 5.28 Å². The van der Waals surface area contributed by atoms with Gasteiger partial charge in [-0.15, -0.1) is 0 Å². The fourth-order valence-electron chi connectivity index (χ4n) is 3.17. The third kappa shape index (κ3) is 2.67. The molecular weight excluding hydrogens is 278 g/mol. The highest BCUT2D eigenvalue weighted by Gasteiger charge is 2.34. The zero-order chi connectivity index (χ0) is 14.1. The molecule has 20 heavy (non-hydrogen) atoms. The van der Waals surface area contributed by atoms with E-state index in [2.05, 4.69) is 31.7 Å². The average molecular weight is 298 g/mol. The normalized spacial score (nSPS) is 27.2. The first-order valence-corrected chi connectivity index (χ1v) is 7.51. The molecule has 2 fully saturated rings. The maximum absolute atomic E-state index is 5.95. The molecule has 0 radical (unpaired) electrons. The van der Waals surface area contributed by atoms with Gasteiger partial charge in [-0.2, -0.15) is 15.0 Å². The summed E-state index contributed by atoms with van der Waals surface area (Å²) in [7, 11) is 1.54. The van der Waals surface area contributed by atoms with Crippen molar-refractivity contribution in [2.45, 2.75) is 38.3 Å². The van der Waals surface area contributed by atoms with Gasteiger partial charge in [-0.1, -0.05) is 6.42 Å². The van der Waals surface area contributed by atoms with Gasteiger partial charge in [0.2, 0.25) is 11.2 Å². The molecule has 3 heterocycles. The minimum absolute atomic E-state index is 0.185. The molecule has 2 aliphatic rings. The molecule has 110 valence electrons. The third-order valence-corrected chi connectivity index (χ3v) is 4.37. The molecule has 1 aromatic rings. The maximum atomic E-state index is 5.95. The summed E-state index contributed by atoms with van der Waals surface area (Å²) in [6.07, 6.45) is 3.87. The van der Waals surface area contributed by atoms with E-state index in [4.69, 9.17) is 16.3 Å². The molecule has 2 atom stereocenters. The summed E-state index contributed by atoms with van der Waals surface area (Å²) in [5, 5.41) is 0.185. The van der Waals surface area contributed by atoms with Gasteiger partial charge in [-0.3, -0.25) is 4.90 Å². The van der Waals surface area contributed by atoms with Crippen molar-refractivity contribution in [3.05, 3.63) is 5.28 Å². The standard InChI is InChI=1S/C13H20ClN5O/c1-9-7-18-6-4-3-5-10(18)8-19(9)12-15-11(14)16-13(17-12)20-2/h9-10H,3-8H2,1-2H3. The topological polar surface area (TPSA) is 54.4 Å². The number of ether oxygens (including phenoxy) is 1. The van der Waals surface area contributed by atoms with Gasteiger partial charge in [-0.25, -0.2) is 0 Å². The molecule has 2 unspecified atom stereocenters. The van der Waals surface area contributed by atoms with E-state index >= 15 is 0 Å². The number of fused-ring (bicyclic) bond motifs is 1. The van der Waals surface area contributed by atoms with Crippen molar-refractivity contribution in [3.63, 3.8) is 0 Å². The molecule has 0 N–H and O–H groups in total. The Balaban J connectivity index is 1.83. The lowest BCUT2D eigenvalue weighted by Gasteiger charge is -2.47. The first-order valence-electron chi connectivity index (χ1n) is 7.13. The highest BCUT2D eigenvalue weighted by atomic mass is 35.5. The Morgan fingerprint density at radius 3 is 2.85 bits per heavy atom. The van der Waals surface area contributed by atoms with Crippen molar-refractivity contribution >= 4 is 17.5 Å². The molecule has 0 saturated carbocycles. The Labute approximate surface area is 124 Å². The van der Waals surface area contributed by atoms with Crippen LogP contribution in [0.1, 0.15) is 26.2 Å². The number of hydrogen-bond donors (Lipinski definition) is 0. The number of anilines is 1. The second kappa shape index (κ2) is 5.69. The minimum atomic E-state index is 0.185. The fraction of sp³-hybridized carbons (Fsp3) is 0.769. The fourth-order valence-corrected chi connectivity index (χ4v) is 3.32. The molecule has 1 aromatic heterocycles. The molecule has 0 bridgehead atoms. The largest absolute Gasteiger partial charge is 0.467 e. The summed E-state index contributed by atoms with van der Waals surface area (Å²) >= 11 is 5.95. The van der Waals surface area contributed by atoms with Crippen molar-refractivity contribution in [1.82, 2.24) is 19.9 Å². The van der Waals surface area contributed by atoms with Crippen LogP contribution >= 0.6 is 11.6 Å². The Morgan fingerprint density at radius 2 is 2.05 bits per heavy atom. The zero-order valence-corrected chi connectivity index (χ0v) is 12.7. The summed E-state index contributed by atoms with van der Waals surface area (Å²) in [5.74, 6) is 0.625. The summed E-state index contributed by atoms with van der Waals surface area (Å²) < 4.78 is 5.08. The number of rotatable bonds is 2. The average Bonchev–Trinajstić information content (AvgIpc) is 2.45. The van der Waals surface area contributed by atoms with E-state index in [1.165, 1.54) is 32.9 Å². The van der Waals surface area contributed by atoms with Crippen molar-refractivity contribution in [2.24, 2.45) is 0 Å². The van der Waals surface area contributed by atoms with Crippen molar-refractivity contribution < 1.29 is 4.74 Å². The Morgan fingerprint density at radius 1 is 1.20 bits per heavy atom. The summed E-state index contributed by atoms with van der Waals surface area (Å²) in [5.41, 5.74) is 0. The van der Waals surface area contributed by atoms with Gasteiger partial charge >= 0.3 is 6.01 Å². The van der Waals surface area contributed by atoms with Crippen LogP contribution in [0.15, 0.2) is 0 Å². The van der Waals surface area contributed by atoms with Crippen LogP contribution in [0.4, 0.5) is 5.95 Å². The van der Waals surface area contributed by atoms with E-state index in [0.717, 1.165) is 13.1 Å². The van der Waals surface area contributed by atoms with Crippen molar-refractivity contribution in [2.75, 3.05) is 31.6 Å². The number of hydrogen-bond acceptors (Lipinski definition) is 6. The molecule has 0 aromatic carbocycles. The van der Waals surface area contributed by atoms with E-state index < -0.39 is 0 Å². The molecule has 0 amide bonds. The first kappa shape index (κ1) is 13.8. The minimum Gasteiger partial charge on any atom is -0.467 e. The molecule has 0 aliphatic carbocycles. The van der Waals surface area contributed by atoms with E-state index in [1.54, 1.807) is 0 Å². The number of piperidine rings is 1. The zero-order valence-electron chi connectivity index (χ0n) is 11.9. The number of methoxy groups -OCH3 is 1. The molecule has 3 rings (SSSR count). The molecule has 0 spiro atoms. The Bertz CT molecular complexity index is 486. The predicted molar refractivity (Wildman–Crippen MR) is 77.4 cm³/mol. The number of aromatic nitrogens is 3. The van der Waals surface area contributed by atoms with Crippen LogP contribution in [0.25, 0.3) is 0 Å². The van der Waals surface area contributed by atoms with Crippen LogP contribution < -0.4 is 9.64 Å². The van der Waals surface area contributed by atoms with Crippen LogP contribution in [0, 0.1) is 0 Å². The van der Waals surface area contributed by atoms with Crippen molar-refractivity contribution in [1.29, 1.82) is 0 Å². The van der Waals surface area contributed by atoms with Crippen LogP contribution in [0.3, 0.4) is 0 Å². The molecular formula is C13H20ClN5O. The molecule has 6 nitrogen and oxygen atoms in total. The van der Waals surface area contributed by atoms with E-state index in [1.807, 2.05) is 0 Å². The van der Waals surface area contributed by atoms with Gasteiger partial charge in [0.15, 0.2) is 0 Å². The molecule has 7 heteroatoms. The number of piperazine rings is 1. The van der Waals surface area contributed by atoms with Crippen molar-refractivity contribution in [3.8, 4) is 6.01 Å². The highest BCUT2D eigenvalue weighted by Crippen LogP contribution is 2.27. The van der Waals surface area contributed by atoms with Crippen LogP contribution in [-0.4, -0.2) is 58.7 Å². The summed E-state index contributed by atoms with van der Waals surface area (Å²) in [6, 6.07) is 1.24. The lowest BCUT2D eigenvalue weighted by Crippen LogP contribution is -2.59. The van der Waals surface area contributed by atoms with E-state index in [0.29, 0.717) is 18.0 Å². The van der Waals surface area contributed by atoms with Gasteiger partial charge in [-0.05, 0) is 37.9 Å². The van der Waals surface area contributed by atoms with Gasteiger partial charge in [0.25, 0.3) is 0 Å². The Kier molecular flexibility index (Phi) is 3.94. The first-order chi connectivity index (χ1) is 9.67. The summed E-state index contributed by atoms with van der Waals surface area (Å²) in [4.78, 5) is 17.4. The third-order valence-electron chi connectivity index (χ3n) is 4.20. The lowest BCUT2D eigenvalue weighted by atomic mass is 9.97. The lowest BCUT2D eigenvalue weighted by molar-refractivity contribution is 0.114. The van der Waals surface area contributed by atoms with Crippen LogP contribution in [-0.2, 0) is 0 Å². The second-order valence-electron chi connectivity index (χ2n) is 5.54. The quantitative estimate of drug-likeness (QED) is 0.826. The highest BCUT2D eigenvalue weighted by molar-refractivity contribution is 6.28. The molecule has 2 saturated heterocycles. The summed E-state index contributed by atoms with van der Waals surface area (Å²) in [6.45, 7) is 5.42. The second-order valence-corrected chi connectivity index (χ2v) is 5.88. The van der Waals surface area contributed by atoms with Gasteiger partial charge in [0, 0.05) is 25.2 Å². The van der Waals surface area contributed by atoms with Gasteiger partial charge in [0.1, 0.15) is 0 Å².